The van der Waals surface area contributed by atoms with Crippen LogP contribution in [-0.4, -0.2) is 7.28 Å². The minimum atomic E-state index is 1.01. The van der Waals surface area contributed by atoms with E-state index in [4.69, 9.17) is 0 Å². The van der Waals surface area contributed by atoms with Crippen LogP contribution in [0.25, 0.3) is 0 Å². The van der Waals surface area contributed by atoms with Crippen molar-refractivity contribution in [3.8, 4) is 0 Å². The van der Waals surface area contributed by atoms with E-state index in [1.54, 1.807) is 0 Å². The van der Waals surface area contributed by atoms with Gasteiger partial charge in [-0.3, -0.25) is 0 Å². The van der Waals surface area contributed by atoms with E-state index >= 15 is 0 Å². The van der Waals surface area contributed by atoms with Gasteiger partial charge in [0.2, 0.25) is 0 Å². The van der Waals surface area contributed by atoms with Crippen LogP contribution in [0.4, 0.5) is 0 Å². The van der Waals surface area contributed by atoms with E-state index in [-0.39, 0.29) is 0 Å². The average molecular weight is 163 g/mol. The van der Waals surface area contributed by atoms with E-state index in [9.17, 15) is 0 Å². The summed E-state index contributed by atoms with van der Waals surface area (Å²) in [6, 6.07) is 0. The van der Waals surface area contributed by atoms with Gasteiger partial charge in [0.15, 0.2) is 0 Å². The highest BCUT2D eigenvalue weighted by molar-refractivity contribution is 6.33. The van der Waals surface area contributed by atoms with Gasteiger partial charge in [-0.05, 0) is 42.4 Å². The Kier molecular flexibility index (Phi) is 2.22. The molecule has 0 aromatic carbocycles. The molecule has 2 rings (SSSR count). The van der Waals surface area contributed by atoms with Crippen LogP contribution in [0.5, 0.6) is 0 Å². The normalized spacial score (nSPS) is 51.4. The number of hydrogen-bond donors (Lipinski definition) is 0. The van der Waals surface area contributed by atoms with E-state index in [1.807, 2.05) is 0 Å². The predicted octanol–water partition coefficient (Wildman–Crippen LogP) is 3.09. The van der Waals surface area contributed by atoms with Crippen molar-refractivity contribution in [1.82, 2.24) is 0 Å². The Morgan fingerprint density at radius 2 is 1.58 bits per heavy atom. The molecule has 1 radical (unpaired) electrons. The van der Waals surface area contributed by atoms with Gasteiger partial charge in [-0.25, -0.2) is 0 Å². The van der Waals surface area contributed by atoms with Gasteiger partial charge in [-0.15, -0.1) is 0 Å². The van der Waals surface area contributed by atoms with Gasteiger partial charge in [0.1, 0.15) is 7.28 Å². The number of fused-ring (bicyclic) bond motifs is 1. The van der Waals surface area contributed by atoms with Crippen molar-refractivity contribution >= 4 is 7.28 Å². The zero-order valence-corrected chi connectivity index (χ0v) is 8.59. The zero-order valence-electron chi connectivity index (χ0n) is 8.59. The Balaban J connectivity index is 2.03. The molecule has 67 valence electrons. The summed E-state index contributed by atoms with van der Waals surface area (Å²) in [6.07, 6.45) is 4.40. The summed E-state index contributed by atoms with van der Waals surface area (Å²) in [7, 11) is 2.36. The van der Waals surface area contributed by atoms with Crippen LogP contribution in [-0.2, 0) is 0 Å². The Labute approximate surface area is 77.4 Å². The number of rotatable bonds is 2. The summed E-state index contributed by atoms with van der Waals surface area (Å²) in [5, 5.41) is 0. The average Bonchev–Trinajstić information content (AvgIpc) is 2.09. The monoisotopic (exact) mass is 163 g/mol. The molecule has 0 heterocycles. The van der Waals surface area contributed by atoms with Crippen LogP contribution in [0.2, 0.25) is 13.1 Å². The first-order valence-corrected chi connectivity index (χ1v) is 5.53. The second kappa shape index (κ2) is 3.08. The number of hydrogen-bond acceptors (Lipinski definition) is 0. The van der Waals surface area contributed by atoms with Gasteiger partial charge in [0, 0.05) is 0 Å². The molecule has 0 aromatic heterocycles. The highest BCUT2D eigenvalue weighted by atomic mass is 14.5. The van der Waals surface area contributed by atoms with E-state index in [0.29, 0.717) is 0 Å². The molecular formula is C11H20B. The summed E-state index contributed by atoms with van der Waals surface area (Å²) in [5.74, 6) is 5.23. The molecule has 0 amide bonds. The Morgan fingerprint density at radius 1 is 1.08 bits per heavy atom. The molecule has 0 aliphatic heterocycles. The zero-order chi connectivity index (χ0) is 8.72. The predicted molar refractivity (Wildman–Crippen MR) is 54.5 cm³/mol. The molecule has 0 nitrogen and oxygen atoms in total. The van der Waals surface area contributed by atoms with Crippen molar-refractivity contribution in [2.24, 2.45) is 29.6 Å². The Bertz CT molecular complexity index is 150. The van der Waals surface area contributed by atoms with Gasteiger partial charge in [0.25, 0.3) is 0 Å². The fourth-order valence-electron chi connectivity index (χ4n) is 3.67. The molecule has 4 atom stereocenters. The van der Waals surface area contributed by atoms with E-state index in [2.05, 4.69) is 28.0 Å². The molecule has 2 saturated carbocycles. The highest BCUT2D eigenvalue weighted by Crippen LogP contribution is 2.57. The van der Waals surface area contributed by atoms with Gasteiger partial charge in [-0.2, -0.15) is 0 Å². The SMILES string of the molecule is C[B]CC1C(C)C2CCC2C1C. The standard InChI is InChI=1S/C11H20B/c1-7-9-4-5-10(9)8(2)11(7)6-12-3/h7-11H,4-6H2,1-3H3. The first-order valence-electron chi connectivity index (χ1n) is 5.53. The topological polar surface area (TPSA) is 0 Å². The van der Waals surface area contributed by atoms with Gasteiger partial charge in [0.05, 0.1) is 0 Å². The molecule has 1 heteroatoms. The molecule has 4 unspecified atom stereocenters. The lowest BCUT2D eigenvalue weighted by atomic mass is 9.67. The molecular weight excluding hydrogens is 143 g/mol. The molecule has 0 spiro atoms. The maximum Gasteiger partial charge on any atom is 0.106 e. The smallest absolute Gasteiger partial charge is 0.0920 e. The van der Waals surface area contributed by atoms with E-state index in [1.165, 1.54) is 19.2 Å². The van der Waals surface area contributed by atoms with Gasteiger partial charge >= 0.3 is 0 Å². The van der Waals surface area contributed by atoms with Crippen LogP contribution in [0.15, 0.2) is 0 Å². The molecule has 0 saturated heterocycles. The second-order valence-corrected chi connectivity index (χ2v) is 4.93. The molecule has 2 fully saturated rings. The first kappa shape index (κ1) is 8.65. The minimum absolute atomic E-state index is 1.01. The maximum atomic E-state index is 2.48. The van der Waals surface area contributed by atoms with Crippen LogP contribution < -0.4 is 0 Å². The molecule has 0 N–H and O–H groups in total. The second-order valence-electron chi connectivity index (χ2n) is 4.93. The lowest BCUT2D eigenvalue weighted by molar-refractivity contribution is 0.154. The van der Waals surface area contributed by atoms with Crippen LogP contribution in [0, 0.1) is 29.6 Å². The van der Waals surface area contributed by atoms with Crippen molar-refractivity contribution in [1.29, 1.82) is 0 Å². The van der Waals surface area contributed by atoms with Crippen molar-refractivity contribution in [3.05, 3.63) is 0 Å². The van der Waals surface area contributed by atoms with Crippen LogP contribution >= 0.6 is 0 Å². The third-order valence-corrected chi connectivity index (χ3v) is 4.59. The molecule has 2 aliphatic carbocycles. The molecule has 0 bridgehead atoms. The van der Waals surface area contributed by atoms with Crippen molar-refractivity contribution < 1.29 is 0 Å². The summed E-state index contributed by atoms with van der Waals surface area (Å²) >= 11 is 0. The van der Waals surface area contributed by atoms with Crippen LogP contribution in [0.1, 0.15) is 26.7 Å². The van der Waals surface area contributed by atoms with E-state index < -0.39 is 0 Å². The first-order chi connectivity index (χ1) is 5.75. The lowest BCUT2D eigenvalue weighted by Crippen LogP contribution is -2.26. The van der Waals surface area contributed by atoms with Crippen LogP contribution in [0.3, 0.4) is 0 Å². The third-order valence-electron chi connectivity index (χ3n) is 4.59. The molecule has 0 aromatic rings. The summed E-state index contributed by atoms with van der Waals surface area (Å²) in [5.41, 5.74) is 0. The van der Waals surface area contributed by atoms with Gasteiger partial charge in [-0.1, -0.05) is 27.0 Å². The summed E-state index contributed by atoms with van der Waals surface area (Å²) in [6.45, 7) is 7.17. The fraction of sp³-hybridized carbons (Fsp3) is 1.00. The van der Waals surface area contributed by atoms with Crippen molar-refractivity contribution in [2.45, 2.75) is 39.8 Å². The van der Waals surface area contributed by atoms with E-state index in [0.717, 1.165) is 29.6 Å². The lowest BCUT2D eigenvalue weighted by Gasteiger charge is -2.34. The highest BCUT2D eigenvalue weighted by Gasteiger charge is 2.49. The van der Waals surface area contributed by atoms with Crippen molar-refractivity contribution in [2.75, 3.05) is 0 Å². The summed E-state index contributed by atoms with van der Waals surface area (Å²) in [4.78, 5) is 0. The maximum absolute atomic E-state index is 2.48. The quantitative estimate of drug-likeness (QED) is 0.548. The molecule has 12 heavy (non-hydrogen) atoms. The third kappa shape index (κ3) is 1.05. The molecule has 2 aliphatic rings. The van der Waals surface area contributed by atoms with Crippen molar-refractivity contribution in [3.63, 3.8) is 0 Å². The van der Waals surface area contributed by atoms with Gasteiger partial charge < -0.3 is 0 Å². The fourth-order valence-corrected chi connectivity index (χ4v) is 3.67. The largest absolute Gasteiger partial charge is 0.106 e. The Morgan fingerprint density at radius 3 is 1.92 bits per heavy atom. The summed E-state index contributed by atoms with van der Waals surface area (Å²) < 4.78 is 0. The Hall–Kier alpha value is 0.0649. The minimum Gasteiger partial charge on any atom is -0.0920 e.